The molecule has 1 saturated heterocycles. The maximum atomic E-state index is 13.1. The van der Waals surface area contributed by atoms with Gasteiger partial charge >= 0.3 is 30.0 Å². The molecule has 1 aliphatic heterocycles. The summed E-state index contributed by atoms with van der Waals surface area (Å²) < 4.78 is 23.9. The Kier molecular flexibility index (Phi) is 8.20. The van der Waals surface area contributed by atoms with Crippen molar-refractivity contribution in [2.75, 3.05) is 13.2 Å². The summed E-state index contributed by atoms with van der Waals surface area (Å²) in [5.41, 5.74) is 0.576. The molecule has 2 rings (SSSR count). The molecule has 90 valence electrons. The second-order valence-corrected chi connectivity index (χ2v) is 3.67. The fourth-order valence-corrected chi connectivity index (χ4v) is 1.64. The molecule has 0 bridgehead atoms. The van der Waals surface area contributed by atoms with Gasteiger partial charge in [-0.25, -0.2) is 0 Å². The average molecular weight is 355 g/mol. The minimum atomic E-state index is -0.259. The normalized spacial score (nSPS) is 18.7. The van der Waals surface area contributed by atoms with Crippen molar-refractivity contribution < 1.29 is 30.2 Å². The quantitative estimate of drug-likeness (QED) is 0.611. The molecular formula is C12H14BrFO2Zn. The first kappa shape index (κ1) is 15.2. The summed E-state index contributed by atoms with van der Waals surface area (Å²) in [7, 11) is 0. The summed E-state index contributed by atoms with van der Waals surface area (Å²) in [5, 5.41) is 0. The monoisotopic (exact) mass is 352 g/mol. The van der Waals surface area contributed by atoms with E-state index in [1.165, 1.54) is 22.4 Å². The average Bonchev–Trinajstić information content (AvgIpc) is 2.87. The fourth-order valence-electron chi connectivity index (χ4n) is 1.64. The summed E-state index contributed by atoms with van der Waals surface area (Å²) in [6.45, 7) is 1.68. The molecule has 0 saturated carbocycles. The van der Waals surface area contributed by atoms with Crippen molar-refractivity contribution in [3.05, 3.63) is 35.6 Å². The second kappa shape index (κ2) is 9.15. The Hall–Kier alpha value is 0.173. The van der Waals surface area contributed by atoms with Crippen LogP contribution in [0.1, 0.15) is 18.4 Å². The molecule has 17 heavy (non-hydrogen) atoms. The van der Waals surface area contributed by atoms with Gasteiger partial charge in [-0.2, -0.15) is 18.2 Å². The van der Waals surface area contributed by atoms with E-state index in [1.54, 1.807) is 12.1 Å². The third kappa shape index (κ3) is 5.56. The number of hydrogen-bond donors (Lipinski definition) is 0. The van der Waals surface area contributed by atoms with Crippen LogP contribution in [0.3, 0.4) is 0 Å². The molecule has 1 aromatic rings. The van der Waals surface area contributed by atoms with Crippen molar-refractivity contribution in [2.45, 2.75) is 25.6 Å². The predicted molar refractivity (Wildman–Crippen MR) is 62.8 cm³/mol. The zero-order valence-electron chi connectivity index (χ0n) is 9.62. The Balaban J connectivity index is 0.000000686. The minimum absolute atomic E-state index is 0.198. The van der Waals surface area contributed by atoms with Crippen LogP contribution in [0.5, 0.6) is 0 Å². The van der Waals surface area contributed by atoms with Gasteiger partial charge in [-0.15, -0.1) is 6.07 Å². The summed E-state index contributed by atoms with van der Waals surface area (Å²) in [4.78, 5) is 0. The van der Waals surface area contributed by atoms with Gasteiger partial charge in [-0.05, 0) is 12.8 Å². The van der Waals surface area contributed by atoms with Gasteiger partial charge in [0.2, 0.25) is 0 Å². The van der Waals surface area contributed by atoms with E-state index in [4.69, 9.17) is 9.47 Å². The Morgan fingerprint density at radius 3 is 3.06 bits per heavy atom. The summed E-state index contributed by atoms with van der Waals surface area (Å²) in [6.07, 6.45) is 2.34. The third-order valence-corrected chi connectivity index (χ3v) is 2.48. The first-order valence-electron chi connectivity index (χ1n) is 5.47. The van der Waals surface area contributed by atoms with Gasteiger partial charge in [0, 0.05) is 12.4 Å². The van der Waals surface area contributed by atoms with Crippen LogP contribution in [-0.2, 0) is 32.4 Å². The van der Waals surface area contributed by atoms with Crippen molar-refractivity contribution in [3.63, 3.8) is 0 Å². The van der Waals surface area contributed by atoms with E-state index in [0.29, 0.717) is 18.8 Å². The molecule has 0 amide bonds. The van der Waals surface area contributed by atoms with E-state index in [9.17, 15) is 4.39 Å². The topological polar surface area (TPSA) is 18.5 Å². The van der Waals surface area contributed by atoms with E-state index in [2.05, 4.69) is 19.7 Å². The molecular weight excluding hydrogens is 340 g/mol. The van der Waals surface area contributed by atoms with E-state index in [1.807, 2.05) is 0 Å². The van der Waals surface area contributed by atoms with E-state index < -0.39 is 0 Å². The van der Waals surface area contributed by atoms with Crippen molar-refractivity contribution in [3.8, 4) is 0 Å². The van der Waals surface area contributed by atoms with Crippen LogP contribution in [-0.4, -0.2) is 19.3 Å². The van der Waals surface area contributed by atoms with Crippen LogP contribution in [0.25, 0.3) is 0 Å². The first-order chi connectivity index (χ1) is 8.36. The molecule has 0 aromatic heterocycles. The molecule has 0 radical (unpaired) electrons. The molecule has 0 aliphatic carbocycles. The van der Waals surface area contributed by atoms with Gasteiger partial charge in [0.25, 0.3) is 0 Å². The molecule has 1 aromatic carbocycles. The third-order valence-electron chi connectivity index (χ3n) is 2.48. The number of rotatable bonds is 4. The van der Waals surface area contributed by atoms with Crippen LogP contribution >= 0.6 is 13.6 Å². The Morgan fingerprint density at radius 2 is 2.41 bits per heavy atom. The summed E-state index contributed by atoms with van der Waals surface area (Å²) >= 11 is 4.25. The zero-order chi connectivity index (χ0) is 12.5. The predicted octanol–water partition coefficient (Wildman–Crippen LogP) is 3.16. The molecule has 1 aliphatic rings. The van der Waals surface area contributed by atoms with Crippen molar-refractivity contribution in [1.82, 2.24) is 0 Å². The Morgan fingerprint density at radius 1 is 1.59 bits per heavy atom. The van der Waals surface area contributed by atoms with Crippen LogP contribution < -0.4 is 0 Å². The van der Waals surface area contributed by atoms with Gasteiger partial charge in [0.05, 0.1) is 19.3 Å². The molecule has 1 fully saturated rings. The fraction of sp³-hybridized carbons (Fsp3) is 0.500. The van der Waals surface area contributed by atoms with Crippen molar-refractivity contribution >= 4 is 13.6 Å². The SMILES string of the molecule is Fc1c[c-]ccc1COCC1CCCO1.[Zn+][Br]. The van der Waals surface area contributed by atoms with Crippen LogP contribution in [0, 0.1) is 11.9 Å². The first-order valence-corrected chi connectivity index (χ1v) is 12.4. The zero-order valence-corrected chi connectivity index (χ0v) is 14.2. The number of halogens is 2. The molecule has 5 heteroatoms. The number of ether oxygens (including phenoxy) is 2. The molecule has 2 nitrogen and oxygen atoms in total. The van der Waals surface area contributed by atoms with Gasteiger partial charge < -0.3 is 9.47 Å². The van der Waals surface area contributed by atoms with Crippen LogP contribution in [0.2, 0.25) is 0 Å². The Labute approximate surface area is 118 Å². The molecule has 1 atom stereocenters. The van der Waals surface area contributed by atoms with Crippen molar-refractivity contribution in [1.29, 1.82) is 0 Å². The molecule has 0 N–H and O–H groups in total. The number of hydrogen-bond acceptors (Lipinski definition) is 2. The van der Waals surface area contributed by atoms with Crippen LogP contribution in [0.4, 0.5) is 4.39 Å². The van der Waals surface area contributed by atoms with Crippen LogP contribution in [0.15, 0.2) is 18.2 Å². The van der Waals surface area contributed by atoms with Gasteiger partial charge in [0.15, 0.2) is 0 Å². The van der Waals surface area contributed by atoms with E-state index >= 15 is 0 Å². The van der Waals surface area contributed by atoms with E-state index in [0.717, 1.165) is 19.4 Å². The number of benzene rings is 1. The van der Waals surface area contributed by atoms with Crippen molar-refractivity contribution in [2.24, 2.45) is 0 Å². The molecule has 0 spiro atoms. The Bertz CT molecular complexity index is 319. The van der Waals surface area contributed by atoms with Gasteiger partial charge in [0.1, 0.15) is 0 Å². The summed E-state index contributed by atoms with van der Waals surface area (Å²) in [5.74, 6) is -0.259. The molecule has 1 heterocycles. The molecule has 1 unspecified atom stereocenters. The van der Waals surface area contributed by atoms with Gasteiger partial charge in [-0.1, -0.05) is 5.56 Å². The van der Waals surface area contributed by atoms with E-state index in [-0.39, 0.29) is 11.9 Å². The maximum absolute atomic E-state index is 13.1. The van der Waals surface area contributed by atoms with Gasteiger partial charge in [-0.3, -0.25) is 4.39 Å². The summed E-state index contributed by atoms with van der Waals surface area (Å²) in [6, 6.07) is 7.38. The standard InChI is InChI=1S/C12H14FO2.BrH.Zn/c13-12-6-2-1-4-10(12)8-14-9-11-5-3-7-15-11;;/h1,4,6,11H,3,5,7-9H2;1H;/q-1;;+2/p-1. The second-order valence-electron chi connectivity index (χ2n) is 3.67.